The molecule has 0 amide bonds. The first-order valence-electron chi connectivity index (χ1n) is 8.88. The Morgan fingerprint density at radius 3 is 2.14 bits per heavy atom. The Morgan fingerprint density at radius 2 is 1.62 bits per heavy atom. The van der Waals surface area contributed by atoms with Gasteiger partial charge in [-0.25, -0.2) is 0 Å². The van der Waals surface area contributed by atoms with Crippen molar-refractivity contribution in [2.24, 2.45) is 11.8 Å². The zero-order valence-electron chi connectivity index (χ0n) is 14.7. The molecule has 0 aliphatic carbocycles. The highest BCUT2D eigenvalue weighted by atomic mass is 14.9. The van der Waals surface area contributed by atoms with Crippen LogP contribution in [0, 0.1) is 11.8 Å². The zero-order valence-corrected chi connectivity index (χ0v) is 14.7. The van der Waals surface area contributed by atoms with E-state index in [1.807, 2.05) is 0 Å². The minimum absolute atomic E-state index is 0.603. The van der Waals surface area contributed by atoms with Gasteiger partial charge in [-0.15, -0.1) is 0 Å². The normalized spacial score (nSPS) is 15.9. The van der Waals surface area contributed by atoms with Gasteiger partial charge in [0, 0.05) is 12.0 Å². The third kappa shape index (κ3) is 6.22. The maximum Gasteiger partial charge on any atom is 0.0138 e. The van der Waals surface area contributed by atoms with Gasteiger partial charge in [0.05, 0.1) is 0 Å². The van der Waals surface area contributed by atoms with Crippen molar-refractivity contribution in [3.8, 4) is 0 Å². The van der Waals surface area contributed by atoms with Crippen LogP contribution < -0.4 is 5.32 Å². The number of hydrogen-bond donors (Lipinski definition) is 1. The molecule has 0 aliphatic rings. The van der Waals surface area contributed by atoms with E-state index in [4.69, 9.17) is 0 Å². The molecular formula is C20H35N. The van der Waals surface area contributed by atoms with Gasteiger partial charge < -0.3 is 5.32 Å². The van der Waals surface area contributed by atoms with Gasteiger partial charge >= 0.3 is 0 Å². The Morgan fingerprint density at radius 1 is 0.952 bits per heavy atom. The molecule has 1 aromatic rings. The fourth-order valence-corrected chi connectivity index (χ4v) is 3.30. The molecule has 0 radical (unpaired) electrons. The maximum absolute atomic E-state index is 3.77. The lowest BCUT2D eigenvalue weighted by molar-refractivity contribution is 0.313. The fourth-order valence-electron chi connectivity index (χ4n) is 3.30. The number of benzene rings is 1. The largest absolute Gasteiger partial charge is 0.314 e. The SMILES string of the molecule is CCNC(CCCC(C)C)C(c1ccccc1)C(C)CC. The number of hydrogen-bond acceptors (Lipinski definition) is 1. The average molecular weight is 290 g/mol. The van der Waals surface area contributed by atoms with Crippen molar-refractivity contribution in [3.05, 3.63) is 35.9 Å². The monoisotopic (exact) mass is 289 g/mol. The van der Waals surface area contributed by atoms with Crippen molar-refractivity contribution in [1.82, 2.24) is 5.32 Å². The van der Waals surface area contributed by atoms with Crippen LogP contribution in [0.5, 0.6) is 0 Å². The molecule has 1 rings (SSSR count). The van der Waals surface area contributed by atoms with Crippen LogP contribution >= 0.6 is 0 Å². The van der Waals surface area contributed by atoms with Crippen molar-refractivity contribution < 1.29 is 0 Å². The highest BCUT2D eigenvalue weighted by Crippen LogP contribution is 2.32. The first kappa shape index (κ1) is 18.2. The highest BCUT2D eigenvalue weighted by molar-refractivity contribution is 5.22. The maximum atomic E-state index is 3.77. The molecule has 0 saturated carbocycles. The average Bonchev–Trinajstić information content (AvgIpc) is 2.48. The van der Waals surface area contributed by atoms with Crippen molar-refractivity contribution in [2.75, 3.05) is 6.54 Å². The van der Waals surface area contributed by atoms with Crippen LogP contribution in [-0.2, 0) is 0 Å². The number of nitrogens with one attached hydrogen (secondary N) is 1. The molecule has 0 spiro atoms. The second-order valence-electron chi connectivity index (χ2n) is 6.81. The van der Waals surface area contributed by atoms with Crippen molar-refractivity contribution in [2.45, 2.75) is 72.3 Å². The highest BCUT2D eigenvalue weighted by Gasteiger charge is 2.26. The van der Waals surface area contributed by atoms with E-state index in [0.29, 0.717) is 12.0 Å². The molecule has 1 nitrogen and oxygen atoms in total. The van der Waals surface area contributed by atoms with Gasteiger partial charge in [0.25, 0.3) is 0 Å². The van der Waals surface area contributed by atoms with Crippen LogP contribution in [0.25, 0.3) is 0 Å². The van der Waals surface area contributed by atoms with Gasteiger partial charge in [-0.1, -0.05) is 84.2 Å². The second kappa shape index (κ2) is 10.00. The molecular weight excluding hydrogens is 254 g/mol. The Balaban J connectivity index is 2.85. The molecule has 3 atom stereocenters. The smallest absolute Gasteiger partial charge is 0.0138 e. The van der Waals surface area contributed by atoms with Crippen molar-refractivity contribution in [3.63, 3.8) is 0 Å². The predicted octanol–water partition coefficient (Wildman–Crippen LogP) is 5.62. The summed E-state index contributed by atoms with van der Waals surface area (Å²) < 4.78 is 0. The Hall–Kier alpha value is -0.820. The van der Waals surface area contributed by atoms with Gasteiger partial charge in [-0.2, -0.15) is 0 Å². The van der Waals surface area contributed by atoms with E-state index in [0.717, 1.165) is 18.4 Å². The number of likely N-dealkylation sites (N-methyl/N-ethyl adjacent to an activating group) is 1. The molecule has 1 heteroatoms. The Labute approximate surface area is 132 Å². The molecule has 1 N–H and O–H groups in total. The summed E-state index contributed by atoms with van der Waals surface area (Å²) in [5.74, 6) is 2.16. The summed E-state index contributed by atoms with van der Waals surface area (Å²) in [4.78, 5) is 0. The molecule has 1 aromatic carbocycles. The lowest BCUT2D eigenvalue weighted by Gasteiger charge is -2.33. The van der Waals surface area contributed by atoms with Crippen molar-refractivity contribution in [1.29, 1.82) is 0 Å². The van der Waals surface area contributed by atoms with Gasteiger partial charge in [0.15, 0.2) is 0 Å². The minimum atomic E-state index is 0.603. The van der Waals surface area contributed by atoms with E-state index >= 15 is 0 Å². The molecule has 0 fully saturated rings. The number of rotatable bonds is 10. The summed E-state index contributed by atoms with van der Waals surface area (Å²) >= 11 is 0. The van der Waals surface area contributed by atoms with Crippen LogP contribution in [0.2, 0.25) is 0 Å². The van der Waals surface area contributed by atoms with Gasteiger partial charge in [0.2, 0.25) is 0 Å². The van der Waals surface area contributed by atoms with Crippen LogP contribution in [0.1, 0.15) is 71.8 Å². The molecule has 21 heavy (non-hydrogen) atoms. The van der Waals surface area contributed by atoms with Gasteiger partial charge in [-0.3, -0.25) is 0 Å². The summed E-state index contributed by atoms with van der Waals surface area (Å²) in [7, 11) is 0. The third-order valence-corrected chi connectivity index (χ3v) is 4.64. The van der Waals surface area contributed by atoms with E-state index in [9.17, 15) is 0 Å². The molecule has 0 aliphatic heterocycles. The summed E-state index contributed by atoms with van der Waals surface area (Å²) in [5.41, 5.74) is 1.50. The fraction of sp³-hybridized carbons (Fsp3) is 0.700. The second-order valence-corrected chi connectivity index (χ2v) is 6.81. The van der Waals surface area contributed by atoms with Gasteiger partial charge in [-0.05, 0) is 30.4 Å². The first-order valence-corrected chi connectivity index (χ1v) is 8.88. The molecule has 120 valence electrons. The van der Waals surface area contributed by atoms with Crippen LogP contribution in [0.4, 0.5) is 0 Å². The van der Waals surface area contributed by atoms with E-state index in [-0.39, 0.29) is 0 Å². The minimum Gasteiger partial charge on any atom is -0.314 e. The lowest BCUT2D eigenvalue weighted by atomic mass is 9.78. The zero-order chi connectivity index (χ0) is 15.7. The van der Waals surface area contributed by atoms with E-state index in [2.05, 4.69) is 70.3 Å². The van der Waals surface area contributed by atoms with Gasteiger partial charge in [0.1, 0.15) is 0 Å². The summed E-state index contributed by atoms with van der Waals surface area (Å²) in [6, 6.07) is 11.7. The van der Waals surface area contributed by atoms with Crippen LogP contribution in [-0.4, -0.2) is 12.6 Å². The molecule has 0 saturated heterocycles. The van der Waals surface area contributed by atoms with E-state index in [1.165, 1.54) is 31.2 Å². The first-order chi connectivity index (χ1) is 10.1. The van der Waals surface area contributed by atoms with E-state index < -0.39 is 0 Å². The Kier molecular flexibility index (Phi) is 8.68. The summed E-state index contributed by atoms with van der Waals surface area (Å²) in [5, 5.41) is 3.77. The molecule has 3 unspecified atom stereocenters. The molecule has 0 aromatic heterocycles. The summed E-state index contributed by atoms with van der Waals surface area (Å²) in [6.07, 6.45) is 5.20. The van der Waals surface area contributed by atoms with Crippen LogP contribution in [0.15, 0.2) is 30.3 Å². The molecule has 0 bridgehead atoms. The predicted molar refractivity (Wildman–Crippen MR) is 94.8 cm³/mol. The Bertz CT molecular complexity index is 357. The van der Waals surface area contributed by atoms with E-state index in [1.54, 1.807) is 0 Å². The molecule has 0 heterocycles. The van der Waals surface area contributed by atoms with Crippen molar-refractivity contribution >= 4 is 0 Å². The quantitative estimate of drug-likeness (QED) is 0.589. The topological polar surface area (TPSA) is 12.0 Å². The standard InChI is InChI=1S/C20H35N/c1-6-17(5)20(18-13-9-8-10-14-18)19(21-7-2)15-11-12-16(3)4/h8-10,13-14,16-17,19-21H,6-7,11-12,15H2,1-5H3. The summed E-state index contributed by atoms with van der Waals surface area (Å²) in [6.45, 7) is 12.7. The lowest BCUT2D eigenvalue weighted by Crippen LogP contribution is -2.37. The third-order valence-electron chi connectivity index (χ3n) is 4.64. The van der Waals surface area contributed by atoms with Crippen LogP contribution in [0.3, 0.4) is 0 Å².